The quantitative estimate of drug-likeness (QED) is 0.582. The first-order chi connectivity index (χ1) is 11.9. The molecule has 116 valence electrons. The molecule has 1 aliphatic rings. The van der Waals surface area contributed by atoms with Gasteiger partial charge in [0, 0.05) is 34.9 Å². The van der Waals surface area contributed by atoms with Crippen LogP contribution < -0.4 is 10.2 Å². The summed E-state index contributed by atoms with van der Waals surface area (Å²) in [5, 5.41) is 5.69. The molecule has 0 bridgehead atoms. The van der Waals surface area contributed by atoms with Crippen LogP contribution in [0.5, 0.6) is 0 Å². The van der Waals surface area contributed by atoms with Gasteiger partial charge in [-0.25, -0.2) is 0 Å². The third kappa shape index (κ3) is 1.90. The van der Waals surface area contributed by atoms with E-state index in [1.165, 1.54) is 16.5 Å². The number of hydrogen-bond acceptors (Lipinski definition) is 3. The van der Waals surface area contributed by atoms with Gasteiger partial charge in [-0.2, -0.15) is 0 Å². The number of benzene rings is 2. The summed E-state index contributed by atoms with van der Waals surface area (Å²) in [5.41, 5.74) is 5.58. The molecule has 4 aromatic rings. The van der Waals surface area contributed by atoms with Crippen molar-refractivity contribution in [3.8, 4) is 11.3 Å². The molecule has 0 spiro atoms. The van der Waals surface area contributed by atoms with Crippen LogP contribution in [0, 0.1) is 0 Å². The second-order valence-electron chi connectivity index (χ2n) is 5.92. The van der Waals surface area contributed by atoms with Crippen molar-refractivity contribution in [1.29, 1.82) is 0 Å². The third-order valence-electron chi connectivity index (χ3n) is 4.53. The Morgan fingerprint density at radius 3 is 2.54 bits per heavy atom. The van der Waals surface area contributed by atoms with Crippen LogP contribution in [0.4, 0.5) is 5.69 Å². The number of pyridine rings is 1. The average Bonchev–Trinajstić information content (AvgIpc) is 3.29. The first-order valence-corrected chi connectivity index (χ1v) is 8.03. The molecule has 0 unspecified atom stereocenters. The maximum Gasteiger partial charge on any atom is 0.0916 e. The third-order valence-corrected chi connectivity index (χ3v) is 4.53. The van der Waals surface area contributed by atoms with E-state index in [-0.39, 0.29) is 0 Å². The topological polar surface area (TPSA) is 44.0 Å². The van der Waals surface area contributed by atoms with E-state index in [1.54, 1.807) is 0 Å². The Kier molecular flexibility index (Phi) is 2.82. The maximum atomic E-state index is 4.52. The van der Waals surface area contributed by atoms with Crippen LogP contribution in [0.25, 0.3) is 33.1 Å². The van der Waals surface area contributed by atoms with E-state index in [2.05, 4.69) is 62.8 Å². The summed E-state index contributed by atoms with van der Waals surface area (Å²) in [4.78, 5) is 10.4. The van der Waals surface area contributed by atoms with Crippen molar-refractivity contribution in [2.45, 2.75) is 0 Å². The molecule has 0 fully saturated rings. The number of aromatic nitrogens is 2. The zero-order chi connectivity index (χ0) is 15.9. The van der Waals surface area contributed by atoms with Gasteiger partial charge in [-0.15, -0.1) is 0 Å². The molecule has 0 atom stereocenters. The summed E-state index contributed by atoms with van der Waals surface area (Å²) < 4.78 is 0. The molecule has 0 radical (unpaired) electrons. The summed E-state index contributed by atoms with van der Waals surface area (Å²) in [7, 11) is 0. The fourth-order valence-electron chi connectivity index (χ4n) is 3.42. The molecule has 24 heavy (non-hydrogen) atoms. The number of nitrogens with one attached hydrogen (secondary N) is 2. The van der Waals surface area contributed by atoms with Crippen LogP contribution in [0.3, 0.4) is 0 Å². The molecule has 0 amide bonds. The van der Waals surface area contributed by atoms with Crippen molar-refractivity contribution in [2.24, 2.45) is 0 Å². The van der Waals surface area contributed by atoms with Crippen LogP contribution in [-0.4, -0.2) is 16.6 Å². The van der Waals surface area contributed by atoms with Gasteiger partial charge in [-0.1, -0.05) is 36.4 Å². The molecular weight excluding hydrogens is 296 g/mol. The van der Waals surface area contributed by atoms with Crippen LogP contribution in [0.15, 0.2) is 73.2 Å². The standard InChI is InChI=1S/C20H16N4/c1-2-10-22-17(8-1)16-7-3-5-14-15-6-4-9-18(20(15)23-19(14)16)24-12-11-21-13-24/h1-12,21,23H,13H2. The lowest BCUT2D eigenvalue weighted by molar-refractivity contribution is 0.903. The van der Waals surface area contributed by atoms with Gasteiger partial charge in [-0.3, -0.25) is 4.98 Å². The fourth-order valence-corrected chi connectivity index (χ4v) is 3.42. The summed E-state index contributed by atoms with van der Waals surface area (Å²) >= 11 is 0. The zero-order valence-corrected chi connectivity index (χ0v) is 13.0. The molecule has 4 heteroatoms. The minimum atomic E-state index is 0.793. The second-order valence-corrected chi connectivity index (χ2v) is 5.92. The van der Waals surface area contributed by atoms with Gasteiger partial charge in [0.25, 0.3) is 0 Å². The monoisotopic (exact) mass is 312 g/mol. The van der Waals surface area contributed by atoms with Gasteiger partial charge in [0.1, 0.15) is 0 Å². The number of fused-ring (bicyclic) bond motifs is 3. The van der Waals surface area contributed by atoms with Crippen LogP contribution in [0.1, 0.15) is 0 Å². The van der Waals surface area contributed by atoms with E-state index in [0.717, 1.165) is 29.0 Å². The highest BCUT2D eigenvalue weighted by molar-refractivity contribution is 6.14. The predicted octanol–water partition coefficient (Wildman–Crippen LogP) is 4.22. The minimum absolute atomic E-state index is 0.793. The Hall–Kier alpha value is -3.27. The molecular formula is C20H16N4. The largest absolute Gasteiger partial charge is 0.372 e. The Labute approximate surface area is 139 Å². The number of hydrogen-bond donors (Lipinski definition) is 2. The molecule has 2 aromatic heterocycles. The Morgan fingerprint density at radius 1 is 0.875 bits per heavy atom. The first kappa shape index (κ1) is 13.2. The lowest BCUT2D eigenvalue weighted by Gasteiger charge is -2.15. The molecule has 1 aliphatic heterocycles. The Morgan fingerprint density at radius 2 is 1.75 bits per heavy atom. The Balaban J connectivity index is 1.82. The molecule has 2 aromatic carbocycles. The van der Waals surface area contributed by atoms with E-state index < -0.39 is 0 Å². The maximum absolute atomic E-state index is 4.52. The molecule has 0 saturated heterocycles. The molecule has 0 aliphatic carbocycles. The Bertz CT molecular complexity index is 1060. The van der Waals surface area contributed by atoms with Gasteiger partial charge in [-0.05, 0) is 18.2 Å². The fraction of sp³-hybridized carbons (Fsp3) is 0.0500. The van der Waals surface area contributed by atoms with Crippen molar-refractivity contribution >= 4 is 27.5 Å². The van der Waals surface area contributed by atoms with Gasteiger partial charge < -0.3 is 15.2 Å². The van der Waals surface area contributed by atoms with Crippen molar-refractivity contribution in [3.63, 3.8) is 0 Å². The summed E-state index contributed by atoms with van der Waals surface area (Å²) in [6.07, 6.45) is 5.88. The lowest BCUT2D eigenvalue weighted by Crippen LogP contribution is -2.19. The summed E-state index contributed by atoms with van der Waals surface area (Å²) in [6.45, 7) is 0.793. The number of H-pyrrole nitrogens is 1. The van der Waals surface area contributed by atoms with Crippen LogP contribution >= 0.6 is 0 Å². The van der Waals surface area contributed by atoms with Crippen LogP contribution in [0.2, 0.25) is 0 Å². The van der Waals surface area contributed by atoms with Gasteiger partial charge in [0.2, 0.25) is 0 Å². The smallest absolute Gasteiger partial charge is 0.0916 e. The molecule has 0 saturated carbocycles. The van der Waals surface area contributed by atoms with Gasteiger partial charge >= 0.3 is 0 Å². The molecule has 2 N–H and O–H groups in total. The molecule has 4 nitrogen and oxygen atoms in total. The van der Waals surface area contributed by atoms with E-state index >= 15 is 0 Å². The number of para-hydroxylation sites is 2. The van der Waals surface area contributed by atoms with Gasteiger partial charge in [0.15, 0.2) is 0 Å². The van der Waals surface area contributed by atoms with E-state index in [4.69, 9.17) is 0 Å². The number of rotatable bonds is 2. The molecule has 5 rings (SSSR count). The lowest BCUT2D eigenvalue weighted by atomic mass is 10.1. The number of anilines is 1. The summed E-state index contributed by atoms with van der Waals surface area (Å²) in [6, 6.07) is 18.8. The minimum Gasteiger partial charge on any atom is -0.372 e. The van der Waals surface area contributed by atoms with Crippen molar-refractivity contribution in [1.82, 2.24) is 15.3 Å². The number of nitrogens with zero attached hydrogens (tertiary/aromatic N) is 2. The van der Waals surface area contributed by atoms with Crippen LogP contribution in [-0.2, 0) is 0 Å². The summed E-state index contributed by atoms with van der Waals surface area (Å²) in [5.74, 6) is 0. The average molecular weight is 312 g/mol. The normalized spacial score (nSPS) is 13.8. The van der Waals surface area contributed by atoms with Crippen molar-refractivity contribution < 1.29 is 0 Å². The van der Waals surface area contributed by atoms with Gasteiger partial charge in [0.05, 0.1) is 29.1 Å². The molecule has 3 heterocycles. The van der Waals surface area contributed by atoms with E-state index in [9.17, 15) is 0 Å². The first-order valence-electron chi connectivity index (χ1n) is 8.03. The second kappa shape index (κ2) is 5.13. The zero-order valence-electron chi connectivity index (χ0n) is 13.0. The van der Waals surface area contributed by atoms with Crippen molar-refractivity contribution in [3.05, 3.63) is 73.2 Å². The highest BCUT2D eigenvalue weighted by atomic mass is 15.3. The number of aromatic amines is 1. The highest BCUT2D eigenvalue weighted by Gasteiger charge is 2.15. The predicted molar refractivity (Wildman–Crippen MR) is 98.7 cm³/mol. The SMILES string of the molecule is C1=CN(c2cccc3c2[nH]c2c(-c4ccccn4)cccc23)CN1. The van der Waals surface area contributed by atoms with Crippen molar-refractivity contribution in [2.75, 3.05) is 11.6 Å². The highest BCUT2D eigenvalue weighted by Crippen LogP contribution is 2.36. The van der Waals surface area contributed by atoms with E-state index in [1.807, 2.05) is 30.6 Å². The van der Waals surface area contributed by atoms with E-state index in [0.29, 0.717) is 0 Å².